The first-order valence-electron chi connectivity index (χ1n) is 8.63. The highest BCUT2D eigenvalue weighted by Crippen LogP contribution is 2.41. The third-order valence-corrected chi connectivity index (χ3v) is 5.88. The summed E-state index contributed by atoms with van der Waals surface area (Å²) >= 11 is 1.54. The van der Waals surface area contributed by atoms with Crippen LogP contribution in [0.5, 0.6) is 0 Å². The van der Waals surface area contributed by atoms with Crippen LogP contribution in [0, 0.1) is 27.7 Å². The number of allylic oxidation sites excluding steroid dienone is 1. The van der Waals surface area contributed by atoms with Gasteiger partial charge in [0.2, 0.25) is 5.78 Å². The van der Waals surface area contributed by atoms with E-state index in [9.17, 15) is 4.79 Å². The van der Waals surface area contributed by atoms with Gasteiger partial charge in [-0.2, -0.15) is 5.10 Å². The molecule has 0 unspecified atom stereocenters. The second-order valence-corrected chi connectivity index (χ2v) is 7.81. The highest BCUT2D eigenvalue weighted by atomic mass is 32.2. The molecule has 0 saturated carbocycles. The van der Waals surface area contributed by atoms with Crippen molar-refractivity contribution in [2.45, 2.75) is 32.6 Å². The van der Waals surface area contributed by atoms with Crippen molar-refractivity contribution >= 4 is 23.6 Å². The number of Topliss-reactive ketones (excluding diaryl/α,β-unsaturated/α-hetero) is 1. The van der Waals surface area contributed by atoms with E-state index in [1.807, 2.05) is 41.9 Å². The Hall–Kier alpha value is -2.59. The Balaban J connectivity index is 1.78. The molecule has 2 heterocycles. The van der Waals surface area contributed by atoms with E-state index in [4.69, 9.17) is 5.10 Å². The van der Waals surface area contributed by atoms with Gasteiger partial charge in [-0.25, -0.2) is 4.68 Å². The van der Waals surface area contributed by atoms with Gasteiger partial charge in [0, 0.05) is 21.7 Å². The first-order valence-corrected chi connectivity index (χ1v) is 9.44. The van der Waals surface area contributed by atoms with Gasteiger partial charge in [0.15, 0.2) is 0 Å². The summed E-state index contributed by atoms with van der Waals surface area (Å²) in [5.74, 6) is 0.101. The predicted molar refractivity (Wildman–Crippen MR) is 107 cm³/mol. The quantitative estimate of drug-likeness (QED) is 0.571. The maximum atomic E-state index is 12.7. The SMILES string of the molecule is Cc1ccc(-n2nc(C)c(/C=C3\Sc4ccccc4C3=O)c2C)c(C)c1. The van der Waals surface area contributed by atoms with Crippen LogP contribution < -0.4 is 0 Å². The Morgan fingerprint density at radius 3 is 2.54 bits per heavy atom. The number of ketones is 1. The lowest BCUT2D eigenvalue weighted by molar-refractivity contribution is 0.104. The van der Waals surface area contributed by atoms with E-state index in [0.717, 1.165) is 38.0 Å². The lowest BCUT2D eigenvalue weighted by atomic mass is 10.1. The first kappa shape index (κ1) is 16.9. The summed E-state index contributed by atoms with van der Waals surface area (Å²) in [6.07, 6.45) is 1.99. The van der Waals surface area contributed by atoms with E-state index in [1.165, 1.54) is 11.1 Å². The van der Waals surface area contributed by atoms with Crippen LogP contribution in [0.15, 0.2) is 52.3 Å². The van der Waals surface area contributed by atoms with Gasteiger partial charge in [0.25, 0.3) is 0 Å². The van der Waals surface area contributed by atoms with Crippen molar-refractivity contribution in [1.29, 1.82) is 0 Å². The summed E-state index contributed by atoms with van der Waals surface area (Å²) in [6, 6.07) is 14.1. The second-order valence-electron chi connectivity index (χ2n) is 6.72. The fourth-order valence-corrected chi connectivity index (χ4v) is 4.44. The minimum Gasteiger partial charge on any atom is -0.288 e. The Morgan fingerprint density at radius 2 is 1.81 bits per heavy atom. The molecule has 130 valence electrons. The number of aryl methyl sites for hydroxylation is 3. The molecule has 0 bridgehead atoms. The molecule has 0 spiro atoms. The van der Waals surface area contributed by atoms with Gasteiger partial charge in [0.05, 0.1) is 16.3 Å². The summed E-state index contributed by atoms with van der Waals surface area (Å²) in [7, 11) is 0. The third kappa shape index (κ3) is 2.71. The van der Waals surface area contributed by atoms with Crippen LogP contribution in [0.3, 0.4) is 0 Å². The first-order chi connectivity index (χ1) is 12.5. The Labute approximate surface area is 157 Å². The van der Waals surface area contributed by atoms with Gasteiger partial charge in [-0.3, -0.25) is 4.79 Å². The van der Waals surface area contributed by atoms with E-state index in [1.54, 1.807) is 11.8 Å². The van der Waals surface area contributed by atoms with Crippen LogP contribution in [0.25, 0.3) is 11.8 Å². The van der Waals surface area contributed by atoms with Gasteiger partial charge in [-0.15, -0.1) is 0 Å². The minimum absolute atomic E-state index is 0.101. The van der Waals surface area contributed by atoms with Gasteiger partial charge in [0.1, 0.15) is 0 Å². The average Bonchev–Trinajstić information content (AvgIpc) is 3.07. The van der Waals surface area contributed by atoms with Crippen LogP contribution in [-0.2, 0) is 0 Å². The van der Waals surface area contributed by atoms with Gasteiger partial charge < -0.3 is 0 Å². The molecule has 0 fully saturated rings. The van der Waals surface area contributed by atoms with Crippen molar-refractivity contribution in [3.05, 3.63) is 81.0 Å². The number of hydrogen-bond acceptors (Lipinski definition) is 3. The van der Waals surface area contributed by atoms with E-state index in [0.29, 0.717) is 0 Å². The molecule has 1 aromatic heterocycles. The molecule has 2 aromatic carbocycles. The Bertz CT molecular complexity index is 1080. The van der Waals surface area contributed by atoms with Gasteiger partial charge >= 0.3 is 0 Å². The molecule has 0 atom stereocenters. The lowest BCUT2D eigenvalue weighted by Crippen LogP contribution is -2.02. The molecule has 0 aliphatic carbocycles. The van der Waals surface area contributed by atoms with Crippen LogP contribution >= 0.6 is 11.8 Å². The zero-order chi connectivity index (χ0) is 18.4. The summed E-state index contributed by atoms with van der Waals surface area (Å²) in [5.41, 5.74) is 7.30. The number of fused-ring (bicyclic) bond motifs is 1. The average molecular weight is 360 g/mol. The minimum atomic E-state index is 0.101. The van der Waals surface area contributed by atoms with Crippen LogP contribution in [-0.4, -0.2) is 15.6 Å². The molecule has 0 N–H and O–H groups in total. The van der Waals surface area contributed by atoms with Crippen molar-refractivity contribution in [2.24, 2.45) is 0 Å². The summed E-state index contributed by atoms with van der Waals surface area (Å²) < 4.78 is 1.98. The maximum absolute atomic E-state index is 12.7. The largest absolute Gasteiger partial charge is 0.288 e. The summed E-state index contributed by atoms with van der Waals surface area (Å²) in [5, 5.41) is 4.74. The standard InChI is InChI=1S/C22H20N2OS/c1-13-9-10-19(14(2)11-13)24-16(4)18(15(3)23-24)12-21-22(25)17-7-5-6-8-20(17)26-21/h5-12H,1-4H3/b21-12-. The van der Waals surface area contributed by atoms with E-state index >= 15 is 0 Å². The molecule has 0 amide bonds. The topological polar surface area (TPSA) is 34.9 Å². The van der Waals surface area contributed by atoms with Crippen molar-refractivity contribution in [3.63, 3.8) is 0 Å². The molecule has 26 heavy (non-hydrogen) atoms. The number of nitrogens with zero attached hydrogens (tertiary/aromatic N) is 2. The molecule has 3 nitrogen and oxygen atoms in total. The Morgan fingerprint density at radius 1 is 1.04 bits per heavy atom. The monoisotopic (exact) mass is 360 g/mol. The van der Waals surface area contributed by atoms with E-state index in [-0.39, 0.29) is 5.78 Å². The Kier molecular flexibility index (Phi) is 4.08. The molecule has 1 aliphatic heterocycles. The lowest BCUT2D eigenvalue weighted by Gasteiger charge is -2.09. The third-order valence-electron chi connectivity index (χ3n) is 4.78. The number of benzene rings is 2. The van der Waals surface area contributed by atoms with E-state index in [2.05, 4.69) is 39.0 Å². The normalized spacial score (nSPS) is 14.9. The molecule has 0 saturated heterocycles. The van der Waals surface area contributed by atoms with Gasteiger partial charge in [-0.05, 0) is 57.5 Å². The fraction of sp³-hybridized carbons (Fsp3) is 0.182. The van der Waals surface area contributed by atoms with Crippen LogP contribution in [0.1, 0.15) is 38.4 Å². The fourth-order valence-electron chi connectivity index (χ4n) is 3.41. The maximum Gasteiger partial charge on any atom is 0.200 e. The molecular weight excluding hydrogens is 340 g/mol. The van der Waals surface area contributed by atoms with Crippen LogP contribution in [0.4, 0.5) is 0 Å². The van der Waals surface area contributed by atoms with Crippen molar-refractivity contribution in [1.82, 2.24) is 9.78 Å². The highest BCUT2D eigenvalue weighted by molar-refractivity contribution is 8.04. The van der Waals surface area contributed by atoms with Gasteiger partial charge in [-0.1, -0.05) is 41.6 Å². The number of thioether (sulfide) groups is 1. The number of rotatable bonds is 2. The predicted octanol–water partition coefficient (Wildman–Crippen LogP) is 5.44. The summed E-state index contributed by atoms with van der Waals surface area (Å²) in [4.78, 5) is 14.5. The summed E-state index contributed by atoms with van der Waals surface area (Å²) in [6.45, 7) is 8.25. The number of hydrogen-bond donors (Lipinski definition) is 0. The van der Waals surface area contributed by atoms with Crippen molar-refractivity contribution < 1.29 is 4.79 Å². The highest BCUT2D eigenvalue weighted by Gasteiger charge is 2.26. The number of carbonyl (C=O) groups is 1. The molecule has 4 heteroatoms. The zero-order valence-electron chi connectivity index (χ0n) is 15.3. The molecule has 1 aliphatic rings. The van der Waals surface area contributed by atoms with Crippen molar-refractivity contribution in [3.8, 4) is 5.69 Å². The molecule has 3 aromatic rings. The molecule has 4 rings (SSSR count). The number of aromatic nitrogens is 2. The molecule has 0 radical (unpaired) electrons. The van der Waals surface area contributed by atoms with Crippen molar-refractivity contribution in [2.75, 3.05) is 0 Å². The molecular formula is C22H20N2OS. The zero-order valence-corrected chi connectivity index (χ0v) is 16.1. The van der Waals surface area contributed by atoms with Crippen LogP contribution in [0.2, 0.25) is 0 Å². The van der Waals surface area contributed by atoms with E-state index < -0.39 is 0 Å². The number of carbonyl (C=O) groups excluding carboxylic acids is 1. The smallest absolute Gasteiger partial charge is 0.200 e. The second kappa shape index (κ2) is 6.29.